The lowest BCUT2D eigenvalue weighted by molar-refractivity contribution is -0.127. The molecule has 1 aliphatic carbocycles. The average Bonchev–Trinajstić information content (AvgIpc) is 3.11. The number of hydrogen-bond acceptors (Lipinski definition) is 3. The molecule has 1 aromatic carbocycles. The number of aliphatic hydroxyl groups is 1. The topological polar surface area (TPSA) is 58.6 Å². The van der Waals surface area contributed by atoms with Crippen molar-refractivity contribution < 1.29 is 14.6 Å². The summed E-state index contributed by atoms with van der Waals surface area (Å²) in [7, 11) is 0. The van der Waals surface area contributed by atoms with Crippen molar-refractivity contribution in [2.75, 3.05) is 13.2 Å². The molecule has 0 bridgehead atoms. The number of benzene rings is 1. The number of aryl methyl sites for hydroxylation is 2. The summed E-state index contributed by atoms with van der Waals surface area (Å²) in [5.41, 5.74) is 3.46. The van der Waals surface area contributed by atoms with Crippen LogP contribution >= 0.6 is 0 Å². The summed E-state index contributed by atoms with van der Waals surface area (Å²) in [6, 6.07) is 4.11. The van der Waals surface area contributed by atoms with Crippen molar-refractivity contribution in [1.29, 1.82) is 0 Å². The van der Waals surface area contributed by atoms with E-state index in [1.807, 2.05) is 13.0 Å². The minimum atomic E-state index is -0.430. The zero-order valence-corrected chi connectivity index (χ0v) is 12.0. The van der Waals surface area contributed by atoms with Gasteiger partial charge in [-0.1, -0.05) is 6.07 Å². The minimum Gasteiger partial charge on any atom is -0.480 e. The van der Waals surface area contributed by atoms with Gasteiger partial charge < -0.3 is 15.2 Å². The van der Waals surface area contributed by atoms with E-state index >= 15 is 0 Å². The van der Waals surface area contributed by atoms with Crippen molar-refractivity contribution >= 4 is 5.91 Å². The molecule has 1 heterocycles. The highest BCUT2D eigenvalue weighted by Crippen LogP contribution is 2.44. The lowest BCUT2D eigenvalue weighted by Crippen LogP contribution is -2.40. The van der Waals surface area contributed by atoms with Gasteiger partial charge >= 0.3 is 0 Å². The fourth-order valence-electron chi connectivity index (χ4n) is 2.62. The second-order valence-electron chi connectivity index (χ2n) is 6.23. The molecular formula is C16H21NO3. The first-order chi connectivity index (χ1) is 9.53. The zero-order valence-electron chi connectivity index (χ0n) is 12.0. The van der Waals surface area contributed by atoms with Crippen LogP contribution in [0.15, 0.2) is 12.1 Å². The standard InChI is InChI=1S/C16H21NO3/c1-10-5-12-7-14(20-13(12)6-11(10)2)15(19)17-8-16(9-18)3-4-16/h5-6,14,18H,3-4,7-9H2,1-2H3,(H,17,19). The van der Waals surface area contributed by atoms with E-state index in [2.05, 4.69) is 18.3 Å². The Balaban J connectivity index is 1.61. The molecule has 3 rings (SSSR count). The van der Waals surface area contributed by atoms with Gasteiger partial charge in [-0.25, -0.2) is 0 Å². The maximum absolute atomic E-state index is 12.2. The van der Waals surface area contributed by atoms with E-state index in [4.69, 9.17) is 4.74 Å². The van der Waals surface area contributed by atoms with Crippen LogP contribution in [0.4, 0.5) is 0 Å². The van der Waals surface area contributed by atoms with Gasteiger partial charge in [0.2, 0.25) is 0 Å². The highest BCUT2D eigenvalue weighted by Gasteiger charge is 2.42. The van der Waals surface area contributed by atoms with Gasteiger partial charge in [-0.15, -0.1) is 0 Å². The first-order valence-corrected chi connectivity index (χ1v) is 7.18. The molecule has 20 heavy (non-hydrogen) atoms. The van der Waals surface area contributed by atoms with E-state index in [9.17, 15) is 9.90 Å². The van der Waals surface area contributed by atoms with Crippen LogP contribution in [0.25, 0.3) is 0 Å². The number of hydrogen-bond donors (Lipinski definition) is 2. The van der Waals surface area contributed by atoms with Gasteiger partial charge in [0.05, 0.1) is 6.61 Å². The normalized spacial score (nSPS) is 22.1. The molecule has 1 saturated carbocycles. The minimum absolute atomic E-state index is 0.0612. The molecule has 2 aliphatic rings. The molecule has 1 amide bonds. The Kier molecular flexibility index (Phi) is 3.21. The van der Waals surface area contributed by atoms with Gasteiger partial charge in [0.15, 0.2) is 6.10 Å². The van der Waals surface area contributed by atoms with Crippen LogP contribution in [-0.4, -0.2) is 30.3 Å². The van der Waals surface area contributed by atoms with Crippen molar-refractivity contribution in [2.45, 2.75) is 39.2 Å². The van der Waals surface area contributed by atoms with Crippen molar-refractivity contribution in [1.82, 2.24) is 5.32 Å². The average molecular weight is 275 g/mol. The highest BCUT2D eigenvalue weighted by atomic mass is 16.5. The third-order valence-electron chi connectivity index (χ3n) is 4.57. The number of carbonyl (C=O) groups is 1. The molecule has 0 saturated heterocycles. The summed E-state index contributed by atoms with van der Waals surface area (Å²) in [6.07, 6.45) is 2.19. The summed E-state index contributed by atoms with van der Waals surface area (Å²) >= 11 is 0. The first-order valence-electron chi connectivity index (χ1n) is 7.18. The fraction of sp³-hybridized carbons (Fsp3) is 0.562. The second-order valence-corrected chi connectivity index (χ2v) is 6.23. The fourth-order valence-corrected chi connectivity index (χ4v) is 2.62. The molecule has 1 unspecified atom stereocenters. The van der Waals surface area contributed by atoms with Gasteiger partial charge in [0, 0.05) is 18.4 Å². The molecule has 2 N–H and O–H groups in total. The second kappa shape index (κ2) is 4.77. The summed E-state index contributed by atoms with van der Waals surface area (Å²) < 4.78 is 5.75. The molecule has 1 aromatic rings. The molecule has 108 valence electrons. The molecule has 4 nitrogen and oxygen atoms in total. The van der Waals surface area contributed by atoms with Gasteiger partial charge in [0.1, 0.15) is 5.75 Å². The highest BCUT2D eigenvalue weighted by molar-refractivity contribution is 5.82. The van der Waals surface area contributed by atoms with Crippen LogP contribution in [0, 0.1) is 19.3 Å². The third-order valence-corrected chi connectivity index (χ3v) is 4.57. The van der Waals surface area contributed by atoms with Gasteiger partial charge in [0.25, 0.3) is 5.91 Å². The Morgan fingerprint density at radius 2 is 2.10 bits per heavy atom. The summed E-state index contributed by atoms with van der Waals surface area (Å²) in [5.74, 6) is 0.757. The molecule has 1 aliphatic heterocycles. The predicted molar refractivity (Wildman–Crippen MR) is 75.8 cm³/mol. The Labute approximate surface area is 119 Å². The van der Waals surface area contributed by atoms with E-state index in [1.54, 1.807) is 0 Å². The van der Waals surface area contributed by atoms with E-state index in [0.717, 1.165) is 24.2 Å². The van der Waals surface area contributed by atoms with Crippen LogP contribution in [0.3, 0.4) is 0 Å². The molecule has 4 heteroatoms. The molecule has 0 radical (unpaired) electrons. The predicted octanol–water partition coefficient (Wildman–Crippen LogP) is 1.50. The Bertz CT molecular complexity index is 518. The quantitative estimate of drug-likeness (QED) is 0.875. The molecule has 0 aromatic heterocycles. The molecule has 1 fully saturated rings. The van der Waals surface area contributed by atoms with Crippen molar-refractivity contribution in [3.8, 4) is 5.75 Å². The number of carbonyl (C=O) groups excluding carboxylic acids is 1. The molecular weight excluding hydrogens is 254 g/mol. The van der Waals surface area contributed by atoms with Crippen molar-refractivity contribution in [3.63, 3.8) is 0 Å². The Hall–Kier alpha value is -1.55. The summed E-state index contributed by atoms with van der Waals surface area (Å²) in [5, 5.41) is 12.2. The van der Waals surface area contributed by atoms with Crippen LogP contribution < -0.4 is 10.1 Å². The maximum Gasteiger partial charge on any atom is 0.261 e. The monoisotopic (exact) mass is 275 g/mol. The van der Waals surface area contributed by atoms with Crippen LogP contribution in [0.1, 0.15) is 29.5 Å². The zero-order chi connectivity index (χ0) is 14.3. The number of ether oxygens (including phenoxy) is 1. The summed E-state index contributed by atoms with van der Waals surface area (Å²) in [6.45, 7) is 4.82. The van der Waals surface area contributed by atoms with Crippen LogP contribution in [0.5, 0.6) is 5.75 Å². The SMILES string of the molecule is Cc1cc2c(cc1C)OC(C(=O)NCC1(CO)CC1)C2. The third kappa shape index (κ3) is 2.40. The maximum atomic E-state index is 12.2. The Morgan fingerprint density at radius 3 is 2.75 bits per heavy atom. The van der Waals surface area contributed by atoms with Crippen molar-refractivity contribution in [2.24, 2.45) is 5.41 Å². The van der Waals surface area contributed by atoms with E-state index in [1.165, 1.54) is 11.1 Å². The number of aliphatic hydroxyl groups excluding tert-OH is 1. The van der Waals surface area contributed by atoms with Crippen LogP contribution in [0.2, 0.25) is 0 Å². The Morgan fingerprint density at radius 1 is 1.40 bits per heavy atom. The largest absolute Gasteiger partial charge is 0.480 e. The number of nitrogens with one attached hydrogen (secondary N) is 1. The van der Waals surface area contributed by atoms with Crippen molar-refractivity contribution in [3.05, 3.63) is 28.8 Å². The first kappa shape index (κ1) is 13.4. The molecule has 0 spiro atoms. The summed E-state index contributed by atoms with van der Waals surface area (Å²) in [4.78, 5) is 12.2. The lowest BCUT2D eigenvalue weighted by atomic mass is 10.0. The van der Waals surface area contributed by atoms with Gasteiger partial charge in [-0.05, 0) is 49.4 Å². The number of fused-ring (bicyclic) bond motifs is 1. The molecule has 1 atom stereocenters. The van der Waals surface area contributed by atoms with Gasteiger partial charge in [-0.2, -0.15) is 0 Å². The van der Waals surface area contributed by atoms with E-state index < -0.39 is 6.10 Å². The lowest BCUT2D eigenvalue weighted by Gasteiger charge is -2.15. The van der Waals surface area contributed by atoms with E-state index in [-0.39, 0.29) is 17.9 Å². The van der Waals surface area contributed by atoms with Crippen LogP contribution in [-0.2, 0) is 11.2 Å². The number of amides is 1. The number of rotatable bonds is 4. The smallest absolute Gasteiger partial charge is 0.261 e. The van der Waals surface area contributed by atoms with Gasteiger partial charge in [-0.3, -0.25) is 4.79 Å². The van der Waals surface area contributed by atoms with E-state index in [0.29, 0.717) is 13.0 Å².